The van der Waals surface area contributed by atoms with Crippen molar-refractivity contribution in [2.75, 3.05) is 0 Å². The van der Waals surface area contributed by atoms with Crippen molar-refractivity contribution >= 4 is 32.6 Å². The predicted molar refractivity (Wildman–Crippen MR) is 102 cm³/mol. The van der Waals surface area contributed by atoms with Crippen LogP contribution in [0.25, 0.3) is 38.3 Å². The lowest BCUT2D eigenvalue weighted by atomic mass is 10.0. The number of halogens is 1. The van der Waals surface area contributed by atoms with Crippen LogP contribution in [0.2, 0.25) is 0 Å². The highest BCUT2D eigenvalue weighted by molar-refractivity contribution is 6.06. The molecule has 4 heteroatoms. The molecule has 0 bridgehead atoms. The molecule has 0 radical (unpaired) electrons. The van der Waals surface area contributed by atoms with Crippen molar-refractivity contribution in [2.24, 2.45) is 0 Å². The van der Waals surface area contributed by atoms with Crippen LogP contribution in [-0.4, -0.2) is 9.55 Å². The molecule has 0 saturated carbocycles. The van der Waals surface area contributed by atoms with Crippen LogP contribution < -0.4 is 5.56 Å². The second-order valence-electron chi connectivity index (χ2n) is 6.20. The molecule has 0 aliphatic heterocycles. The molecule has 3 nitrogen and oxygen atoms in total. The number of aromatic nitrogens is 2. The van der Waals surface area contributed by atoms with Gasteiger partial charge in [-0.1, -0.05) is 36.4 Å². The van der Waals surface area contributed by atoms with Crippen molar-refractivity contribution in [1.82, 2.24) is 9.55 Å². The molecule has 5 aromatic rings. The van der Waals surface area contributed by atoms with E-state index in [4.69, 9.17) is 0 Å². The topological polar surface area (TPSA) is 34.9 Å². The van der Waals surface area contributed by atoms with Crippen LogP contribution in [-0.2, 0) is 0 Å². The molecule has 2 heterocycles. The number of rotatable bonds is 1. The highest BCUT2D eigenvalue weighted by Crippen LogP contribution is 2.27. The fraction of sp³-hybridized carbons (Fsp3) is 0. The minimum absolute atomic E-state index is 0.183. The first-order chi connectivity index (χ1) is 12.7. The van der Waals surface area contributed by atoms with Gasteiger partial charge in [0.25, 0.3) is 5.56 Å². The molecule has 0 atom stereocenters. The first-order valence-corrected chi connectivity index (χ1v) is 8.31. The van der Waals surface area contributed by atoms with Crippen molar-refractivity contribution in [3.8, 4) is 5.69 Å². The molecule has 0 aliphatic rings. The second kappa shape index (κ2) is 5.49. The Morgan fingerprint density at radius 2 is 1.65 bits per heavy atom. The third-order valence-electron chi connectivity index (χ3n) is 4.70. The normalized spacial score (nSPS) is 11.4. The Balaban J connectivity index is 2.04. The highest BCUT2D eigenvalue weighted by atomic mass is 19.1. The summed E-state index contributed by atoms with van der Waals surface area (Å²) in [6, 6.07) is 21.5. The monoisotopic (exact) mass is 340 g/mol. The Labute approximate surface area is 148 Å². The molecule has 0 N–H and O–H groups in total. The quantitative estimate of drug-likeness (QED) is 0.410. The van der Waals surface area contributed by atoms with E-state index in [1.54, 1.807) is 16.8 Å². The zero-order valence-electron chi connectivity index (χ0n) is 13.7. The Kier molecular flexibility index (Phi) is 3.12. The van der Waals surface area contributed by atoms with Gasteiger partial charge in [0.15, 0.2) is 0 Å². The Hall–Kier alpha value is -3.53. The van der Waals surface area contributed by atoms with Gasteiger partial charge in [-0.15, -0.1) is 0 Å². The molecule has 0 saturated heterocycles. The van der Waals surface area contributed by atoms with Crippen LogP contribution in [0.15, 0.2) is 83.8 Å². The van der Waals surface area contributed by atoms with E-state index in [0.29, 0.717) is 10.8 Å². The van der Waals surface area contributed by atoms with Crippen LogP contribution in [0, 0.1) is 5.82 Å². The number of benzene rings is 3. The molecule has 0 fully saturated rings. The summed E-state index contributed by atoms with van der Waals surface area (Å²) in [5, 5.41) is 2.89. The van der Waals surface area contributed by atoms with E-state index in [1.807, 2.05) is 54.6 Å². The number of nitrogens with zero attached hydrogens (tertiary/aromatic N) is 2. The van der Waals surface area contributed by atoms with E-state index < -0.39 is 0 Å². The third kappa shape index (κ3) is 2.05. The molecular weight excluding hydrogens is 327 g/mol. The Morgan fingerprint density at radius 1 is 0.808 bits per heavy atom. The van der Waals surface area contributed by atoms with Gasteiger partial charge in [0.2, 0.25) is 0 Å². The number of fused-ring (bicyclic) bond motifs is 4. The van der Waals surface area contributed by atoms with Crippen LogP contribution in [0.4, 0.5) is 4.39 Å². The molecule has 0 unspecified atom stereocenters. The zero-order chi connectivity index (χ0) is 17.7. The largest absolute Gasteiger partial charge is 0.274 e. The molecule has 0 spiro atoms. The first-order valence-electron chi connectivity index (χ1n) is 8.31. The maximum atomic E-state index is 13.8. The van der Waals surface area contributed by atoms with E-state index in [2.05, 4.69) is 4.98 Å². The van der Waals surface area contributed by atoms with E-state index in [9.17, 15) is 9.18 Å². The Morgan fingerprint density at radius 3 is 2.58 bits per heavy atom. The van der Waals surface area contributed by atoms with Crippen molar-refractivity contribution < 1.29 is 4.39 Å². The molecule has 0 aliphatic carbocycles. The zero-order valence-corrected chi connectivity index (χ0v) is 13.7. The lowest BCUT2D eigenvalue weighted by Crippen LogP contribution is -2.19. The number of pyridine rings is 2. The minimum atomic E-state index is -0.355. The van der Waals surface area contributed by atoms with Gasteiger partial charge in [-0.05, 0) is 41.8 Å². The second-order valence-corrected chi connectivity index (χ2v) is 6.20. The number of para-hydroxylation sites is 2. The van der Waals surface area contributed by atoms with Crippen LogP contribution in [0.5, 0.6) is 0 Å². The standard InChI is InChI=1S/C22H13FN2O/c23-15-10-11-17-18(13-15)16-7-1-2-8-19(16)25(22(17)26)20-9-3-5-14-6-4-12-24-21(14)20/h1-13H. The molecule has 0 amide bonds. The lowest BCUT2D eigenvalue weighted by molar-refractivity contribution is 0.630. The summed E-state index contributed by atoms with van der Waals surface area (Å²) >= 11 is 0. The molecule has 3 aromatic carbocycles. The van der Waals surface area contributed by atoms with Gasteiger partial charge < -0.3 is 0 Å². The summed E-state index contributed by atoms with van der Waals surface area (Å²) in [7, 11) is 0. The van der Waals surface area contributed by atoms with Gasteiger partial charge in [-0.2, -0.15) is 0 Å². The van der Waals surface area contributed by atoms with E-state index >= 15 is 0 Å². The third-order valence-corrected chi connectivity index (χ3v) is 4.70. The average Bonchev–Trinajstić information content (AvgIpc) is 2.68. The summed E-state index contributed by atoms with van der Waals surface area (Å²) in [6.45, 7) is 0. The van der Waals surface area contributed by atoms with Crippen molar-refractivity contribution in [1.29, 1.82) is 0 Å². The minimum Gasteiger partial charge on any atom is -0.274 e. The van der Waals surface area contributed by atoms with Crippen LogP contribution >= 0.6 is 0 Å². The van der Waals surface area contributed by atoms with E-state index in [0.717, 1.165) is 27.5 Å². The number of hydrogen-bond acceptors (Lipinski definition) is 2. The molecule has 26 heavy (non-hydrogen) atoms. The summed E-state index contributed by atoms with van der Waals surface area (Å²) < 4.78 is 15.5. The van der Waals surface area contributed by atoms with Crippen LogP contribution in [0.3, 0.4) is 0 Å². The van der Waals surface area contributed by atoms with Gasteiger partial charge in [-0.3, -0.25) is 14.3 Å². The molecule has 124 valence electrons. The predicted octanol–water partition coefficient (Wildman–Crippen LogP) is 4.83. The fourth-order valence-corrected chi connectivity index (χ4v) is 3.56. The highest BCUT2D eigenvalue weighted by Gasteiger charge is 2.14. The smallest absolute Gasteiger partial charge is 0.263 e. The van der Waals surface area contributed by atoms with Gasteiger partial charge in [0.05, 0.1) is 16.7 Å². The average molecular weight is 340 g/mol. The van der Waals surface area contributed by atoms with Gasteiger partial charge in [0.1, 0.15) is 5.82 Å². The van der Waals surface area contributed by atoms with Gasteiger partial charge in [0, 0.05) is 22.4 Å². The number of hydrogen-bond donors (Lipinski definition) is 0. The maximum absolute atomic E-state index is 13.8. The van der Waals surface area contributed by atoms with Crippen molar-refractivity contribution in [3.05, 3.63) is 95.2 Å². The van der Waals surface area contributed by atoms with E-state index in [1.165, 1.54) is 12.1 Å². The fourth-order valence-electron chi connectivity index (χ4n) is 3.56. The van der Waals surface area contributed by atoms with Gasteiger partial charge in [-0.25, -0.2) is 4.39 Å². The Bertz CT molecular complexity index is 1370. The SMILES string of the molecule is O=c1c2ccc(F)cc2c2ccccc2n1-c1cccc2cccnc12. The van der Waals surface area contributed by atoms with Gasteiger partial charge >= 0.3 is 0 Å². The maximum Gasteiger partial charge on any atom is 0.263 e. The summed E-state index contributed by atoms with van der Waals surface area (Å²) in [5.41, 5.74) is 2.02. The van der Waals surface area contributed by atoms with E-state index in [-0.39, 0.29) is 11.4 Å². The molecule has 2 aromatic heterocycles. The summed E-state index contributed by atoms with van der Waals surface area (Å²) in [6.07, 6.45) is 1.72. The van der Waals surface area contributed by atoms with Crippen molar-refractivity contribution in [3.63, 3.8) is 0 Å². The van der Waals surface area contributed by atoms with Crippen molar-refractivity contribution in [2.45, 2.75) is 0 Å². The summed E-state index contributed by atoms with van der Waals surface area (Å²) in [5.74, 6) is -0.355. The summed E-state index contributed by atoms with van der Waals surface area (Å²) in [4.78, 5) is 17.8. The molecule has 5 rings (SSSR count). The van der Waals surface area contributed by atoms with Crippen LogP contribution in [0.1, 0.15) is 0 Å². The molecular formula is C22H13FN2O. The lowest BCUT2D eigenvalue weighted by Gasteiger charge is -2.14. The first kappa shape index (κ1) is 14.8.